The molecule has 0 aromatic heterocycles. The number of likely N-dealkylation sites (tertiary alicyclic amines) is 1. The highest BCUT2D eigenvalue weighted by Crippen LogP contribution is 2.33. The molecular weight excluding hydrogens is 530 g/mol. The van der Waals surface area contributed by atoms with Crippen LogP contribution in [-0.2, 0) is 30.3 Å². The Labute approximate surface area is 241 Å². The lowest BCUT2D eigenvalue weighted by Gasteiger charge is -2.33. The Morgan fingerprint density at radius 3 is 2.46 bits per heavy atom. The van der Waals surface area contributed by atoms with E-state index in [1.165, 1.54) is 0 Å². The van der Waals surface area contributed by atoms with E-state index < -0.39 is 23.6 Å². The number of carbonyl (C=O) groups excluding carboxylic acids is 4. The average Bonchev–Trinajstić information content (AvgIpc) is 3.24. The number of piperidine rings is 2. The number of nitrogens with zero attached hydrogens (tertiary/aromatic N) is 2. The quantitative estimate of drug-likeness (QED) is 0.253. The molecule has 226 valence electrons. The molecule has 3 heterocycles. The van der Waals surface area contributed by atoms with E-state index in [0.717, 1.165) is 43.7 Å². The molecule has 2 saturated heterocycles. The van der Waals surface area contributed by atoms with Crippen LogP contribution in [-0.4, -0.2) is 104 Å². The third kappa shape index (κ3) is 8.88. The highest BCUT2D eigenvalue weighted by Gasteiger charge is 2.40. The summed E-state index contributed by atoms with van der Waals surface area (Å²) in [5.74, 6) is -0.838. The van der Waals surface area contributed by atoms with E-state index in [2.05, 4.69) is 20.9 Å². The first kappa shape index (κ1) is 30.7. The van der Waals surface area contributed by atoms with Gasteiger partial charge >= 0.3 is 6.09 Å². The maximum atomic E-state index is 13.1. The number of alkyl carbamates (subject to hydrolysis) is 1. The van der Waals surface area contributed by atoms with Gasteiger partial charge in [0.05, 0.1) is 26.4 Å². The van der Waals surface area contributed by atoms with Gasteiger partial charge in [-0.25, -0.2) is 4.79 Å². The minimum absolute atomic E-state index is 0.157. The van der Waals surface area contributed by atoms with Crippen LogP contribution in [0.5, 0.6) is 0 Å². The summed E-state index contributed by atoms with van der Waals surface area (Å²) in [6.07, 6.45) is 2.10. The van der Waals surface area contributed by atoms with Gasteiger partial charge in [0.25, 0.3) is 5.91 Å². The monoisotopic (exact) mass is 573 g/mol. The summed E-state index contributed by atoms with van der Waals surface area (Å²) in [5.41, 5.74) is 1.96. The summed E-state index contributed by atoms with van der Waals surface area (Å²) in [7, 11) is 0. The Bertz CT molecular complexity index is 1100. The van der Waals surface area contributed by atoms with E-state index in [1.807, 2.05) is 39.0 Å². The number of rotatable bonds is 12. The molecule has 1 aromatic rings. The Morgan fingerprint density at radius 1 is 1.02 bits per heavy atom. The number of benzene rings is 1. The fraction of sp³-hybridized carbons (Fsp3) is 0.655. The van der Waals surface area contributed by atoms with E-state index >= 15 is 0 Å². The van der Waals surface area contributed by atoms with Crippen LogP contribution in [0.4, 0.5) is 10.5 Å². The molecule has 1 aromatic carbocycles. The highest BCUT2D eigenvalue weighted by atomic mass is 16.6. The van der Waals surface area contributed by atoms with Crippen molar-refractivity contribution in [3.8, 4) is 0 Å². The SMILES string of the molecule is CC(C)(C)OC(=O)NCCOCCOCCN1CCC(Nc2cccc3c2CN(C2CCC(=O)NC2=O)C3=O)CC1. The van der Waals surface area contributed by atoms with Gasteiger partial charge in [-0.3, -0.25) is 19.7 Å². The molecule has 4 amide bonds. The lowest BCUT2D eigenvalue weighted by atomic mass is 10.0. The van der Waals surface area contributed by atoms with Crippen LogP contribution >= 0.6 is 0 Å². The third-order valence-electron chi connectivity index (χ3n) is 7.37. The molecule has 41 heavy (non-hydrogen) atoms. The fourth-order valence-electron chi connectivity index (χ4n) is 5.30. The van der Waals surface area contributed by atoms with E-state index in [9.17, 15) is 19.2 Å². The van der Waals surface area contributed by atoms with Gasteiger partial charge in [-0.1, -0.05) is 6.07 Å². The average molecular weight is 574 g/mol. The van der Waals surface area contributed by atoms with Crippen molar-refractivity contribution in [1.82, 2.24) is 20.4 Å². The number of ether oxygens (including phenoxy) is 3. The van der Waals surface area contributed by atoms with Gasteiger partial charge in [0.2, 0.25) is 11.8 Å². The maximum Gasteiger partial charge on any atom is 0.407 e. The van der Waals surface area contributed by atoms with Crippen molar-refractivity contribution in [1.29, 1.82) is 0 Å². The van der Waals surface area contributed by atoms with Crippen molar-refractivity contribution >= 4 is 29.5 Å². The Balaban J connectivity index is 1.10. The molecule has 0 saturated carbocycles. The minimum Gasteiger partial charge on any atom is -0.444 e. The van der Waals surface area contributed by atoms with Crippen molar-refractivity contribution in [2.24, 2.45) is 0 Å². The zero-order valence-corrected chi connectivity index (χ0v) is 24.3. The van der Waals surface area contributed by atoms with E-state index in [4.69, 9.17) is 14.2 Å². The second kappa shape index (κ2) is 14.1. The summed E-state index contributed by atoms with van der Waals surface area (Å²) in [6, 6.07) is 5.36. The van der Waals surface area contributed by atoms with Crippen LogP contribution in [0.25, 0.3) is 0 Å². The molecule has 12 nitrogen and oxygen atoms in total. The molecule has 3 aliphatic heterocycles. The van der Waals surface area contributed by atoms with Gasteiger partial charge < -0.3 is 34.6 Å². The molecule has 12 heteroatoms. The summed E-state index contributed by atoms with van der Waals surface area (Å²) in [5, 5.41) is 8.65. The normalized spacial score (nSPS) is 20.1. The molecule has 3 aliphatic rings. The fourth-order valence-corrected chi connectivity index (χ4v) is 5.30. The van der Waals surface area contributed by atoms with Crippen LogP contribution in [0.1, 0.15) is 62.4 Å². The van der Waals surface area contributed by atoms with Crippen LogP contribution in [0, 0.1) is 0 Å². The molecule has 0 radical (unpaired) electrons. The molecule has 1 unspecified atom stereocenters. The maximum absolute atomic E-state index is 13.1. The highest BCUT2D eigenvalue weighted by molar-refractivity contribution is 6.06. The van der Waals surface area contributed by atoms with Crippen molar-refractivity contribution in [3.05, 3.63) is 29.3 Å². The van der Waals surface area contributed by atoms with Crippen molar-refractivity contribution in [2.75, 3.05) is 57.9 Å². The number of carbonyl (C=O) groups is 4. The second-order valence-electron chi connectivity index (χ2n) is 11.6. The molecule has 0 bridgehead atoms. The van der Waals surface area contributed by atoms with Crippen LogP contribution in [0.15, 0.2) is 18.2 Å². The first-order valence-corrected chi connectivity index (χ1v) is 14.5. The third-order valence-corrected chi connectivity index (χ3v) is 7.37. The zero-order chi connectivity index (χ0) is 29.4. The Hall–Kier alpha value is -3.22. The summed E-state index contributed by atoms with van der Waals surface area (Å²) in [4.78, 5) is 52.5. The standard InChI is InChI=1S/C29H43N5O7/c1-29(2,3)41-28(38)30-11-15-39-17-18-40-16-14-33-12-9-20(10-13-33)31-23-6-4-5-21-22(23)19-34(27(21)37)24-7-8-25(35)32-26(24)36/h4-6,20,24,31H,7-19H2,1-3H3,(H,30,38)(H,32,35,36). The molecule has 4 rings (SSSR count). The predicted octanol–water partition coefficient (Wildman–Crippen LogP) is 1.88. The first-order valence-electron chi connectivity index (χ1n) is 14.5. The van der Waals surface area contributed by atoms with E-state index in [1.54, 1.807) is 4.90 Å². The molecule has 1 atom stereocenters. The summed E-state index contributed by atoms with van der Waals surface area (Å²) < 4.78 is 16.4. The van der Waals surface area contributed by atoms with Crippen LogP contribution in [0.3, 0.4) is 0 Å². The first-order chi connectivity index (χ1) is 19.6. The van der Waals surface area contributed by atoms with Crippen molar-refractivity contribution in [2.45, 2.75) is 70.7 Å². The topological polar surface area (TPSA) is 139 Å². The number of nitrogens with one attached hydrogen (secondary N) is 3. The molecule has 2 fully saturated rings. The van der Waals surface area contributed by atoms with Crippen molar-refractivity contribution in [3.63, 3.8) is 0 Å². The number of imide groups is 1. The minimum atomic E-state index is -0.612. The van der Waals surface area contributed by atoms with Gasteiger partial charge in [-0.2, -0.15) is 0 Å². The van der Waals surface area contributed by atoms with Crippen molar-refractivity contribution < 1.29 is 33.4 Å². The number of amides is 4. The van der Waals surface area contributed by atoms with Gasteiger partial charge in [-0.15, -0.1) is 0 Å². The molecule has 0 spiro atoms. The smallest absolute Gasteiger partial charge is 0.407 e. The molecule has 3 N–H and O–H groups in total. The lowest BCUT2D eigenvalue weighted by molar-refractivity contribution is -0.136. The Morgan fingerprint density at radius 2 is 1.76 bits per heavy atom. The van der Waals surface area contributed by atoms with Gasteiger partial charge in [0.15, 0.2) is 0 Å². The van der Waals surface area contributed by atoms with Gasteiger partial charge in [-0.05, 0) is 52.2 Å². The largest absolute Gasteiger partial charge is 0.444 e. The number of hydrogen-bond acceptors (Lipinski definition) is 9. The van der Waals surface area contributed by atoms with E-state index in [-0.39, 0.29) is 18.2 Å². The van der Waals surface area contributed by atoms with E-state index in [0.29, 0.717) is 57.5 Å². The van der Waals surface area contributed by atoms with Gasteiger partial charge in [0.1, 0.15) is 11.6 Å². The second-order valence-corrected chi connectivity index (χ2v) is 11.6. The zero-order valence-electron chi connectivity index (χ0n) is 24.3. The molecular formula is C29H43N5O7. The number of fused-ring (bicyclic) bond motifs is 1. The summed E-state index contributed by atoms with van der Waals surface area (Å²) in [6.45, 7) is 10.9. The van der Waals surface area contributed by atoms with Crippen LogP contribution in [0.2, 0.25) is 0 Å². The van der Waals surface area contributed by atoms with Crippen LogP contribution < -0.4 is 16.0 Å². The number of hydrogen-bond donors (Lipinski definition) is 3. The van der Waals surface area contributed by atoms with Gasteiger partial charge in [0, 0.05) is 62.0 Å². The summed E-state index contributed by atoms with van der Waals surface area (Å²) >= 11 is 0. The lowest BCUT2D eigenvalue weighted by Crippen LogP contribution is -2.52. The molecule has 0 aliphatic carbocycles. The predicted molar refractivity (Wildman–Crippen MR) is 151 cm³/mol. The Kier molecular flexibility index (Phi) is 10.6. The number of anilines is 1.